The molecule has 5 aromatic rings. The van der Waals surface area contributed by atoms with E-state index in [0.29, 0.717) is 18.1 Å². The van der Waals surface area contributed by atoms with Gasteiger partial charge < -0.3 is 16.4 Å². The van der Waals surface area contributed by atoms with Gasteiger partial charge in [-0.2, -0.15) is 0 Å². The molecule has 0 aliphatic heterocycles. The predicted molar refractivity (Wildman–Crippen MR) is 164 cm³/mol. The lowest BCUT2D eigenvalue weighted by atomic mass is 10.0. The number of hydrogen-bond acceptors (Lipinski definition) is 6. The number of carbonyl (C=O) groups is 1. The second-order valence-corrected chi connectivity index (χ2v) is 9.54. The molecule has 0 radical (unpaired) electrons. The molecule has 0 saturated heterocycles. The molecule has 0 aliphatic rings. The summed E-state index contributed by atoms with van der Waals surface area (Å²) < 4.78 is 0. The van der Waals surface area contributed by atoms with Crippen molar-refractivity contribution < 1.29 is 4.79 Å². The molecule has 0 spiro atoms. The van der Waals surface area contributed by atoms with Crippen LogP contribution in [0.15, 0.2) is 97.1 Å². The van der Waals surface area contributed by atoms with E-state index < -0.39 is 0 Å². The fraction of sp³-hybridized carbons (Fsp3) is 0.182. The zero-order valence-corrected chi connectivity index (χ0v) is 22.9. The van der Waals surface area contributed by atoms with Gasteiger partial charge in [0.05, 0.1) is 11.2 Å². The normalized spacial score (nSPS) is 11.1. The number of carbonyl (C=O) groups excluding carboxylic acids is 1. The van der Waals surface area contributed by atoms with Crippen molar-refractivity contribution in [3.63, 3.8) is 0 Å². The van der Waals surface area contributed by atoms with E-state index in [9.17, 15) is 4.79 Å². The Balaban J connectivity index is 1.34. The van der Waals surface area contributed by atoms with Crippen LogP contribution in [-0.2, 0) is 13.1 Å². The Hall–Kier alpha value is -4.59. The second-order valence-electron chi connectivity index (χ2n) is 9.54. The maximum absolute atomic E-state index is 13.1. The number of aromatic nitrogens is 2. The topological polar surface area (TPSA) is 96.2 Å². The van der Waals surface area contributed by atoms with Crippen LogP contribution in [0, 0.1) is 0 Å². The van der Waals surface area contributed by atoms with Crippen molar-refractivity contribution in [3.05, 3.63) is 114 Å². The number of benzene rings is 4. The van der Waals surface area contributed by atoms with Gasteiger partial charge in [0.25, 0.3) is 5.91 Å². The Morgan fingerprint density at radius 1 is 0.825 bits per heavy atom. The highest BCUT2D eigenvalue weighted by molar-refractivity contribution is 6.05. The molecular formula is C33H34N6O. The molecule has 40 heavy (non-hydrogen) atoms. The number of nitrogens with two attached hydrogens (primary N) is 1. The summed E-state index contributed by atoms with van der Waals surface area (Å²) in [4.78, 5) is 25.0. The number of hydrogen-bond donors (Lipinski definition) is 3. The molecule has 0 aliphatic carbocycles. The van der Waals surface area contributed by atoms with Crippen molar-refractivity contribution in [3.8, 4) is 11.3 Å². The summed E-state index contributed by atoms with van der Waals surface area (Å²) in [6.45, 7) is 7.35. The number of para-hydroxylation sites is 1. The van der Waals surface area contributed by atoms with E-state index in [2.05, 4.69) is 35.4 Å². The number of anilines is 3. The minimum absolute atomic E-state index is 0.186. The van der Waals surface area contributed by atoms with Crippen molar-refractivity contribution in [1.29, 1.82) is 0 Å². The zero-order valence-electron chi connectivity index (χ0n) is 22.9. The van der Waals surface area contributed by atoms with Crippen LogP contribution in [-0.4, -0.2) is 33.9 Å². The van der Waals surface area contributed by atoms with Crippen molar-refractivity contribution in [1.82, 2.24) is 14.9 Å². The molecule has 7 heteroatoms. The van der Waals surface area contributed by atoms with Gasteiger partial charge >= 0.3 is 0 Å². The Bertz CT molecular complexity index is 1600. The van der Waals surface area contributed by atoms with Gasteiger partial charge in [0.2, 0.25) is 5.95 Å². The maximum atomic E-state index is 13.1. The lowest BCUT2D eigenvalue weighted by molar-refractivity contribution is 0.102. The van der Waals surface area contributed by atoms with E-state index in [4.69, 9.17) is 15.7 Å². The van der Waals surface area contributed by atoms with Crippen LogP contribution in [0.3, 0.4) is 0 Å². The first kappa shape index (κ1) is 27.0. The number of nitrogens with one attached hydrogen (secondary N) is 2. The highest BCUT2D eigenvalue weighted by Crippen LogP contribution is 2.28. The van der Waals surface area contributed by atoms with E-state index in [1.165, 1.54) is 0 Å². The molecule has 7 nitrogen and oxygen atoms in total. The van der Waals surface area contributed by atoms with Crippen LogP contribution < -0.4 is 16.4 Å². The zero-order chi connectivity index (χ0) is 27.9. The summed E-state index contributed by atoms with van der Waals surface area (Å²) in [5, 5.41) is 7.35. The summed E-state index contributed by atoms with van der Waals surface area (Å²) in [5.74, 6) is 0.307. The summed E-state index contributed by atoms with van der Waals surface area (Å²) >= 11 is 0. The average molecular weight is 531 g/mol. The quantitative estimate of drug-likeness (QED) is 0.188. The lowest BCUT2D eigenvalue weighted by Gasteiger charge is -2.21. The standard InChI is InChI=1S/C33H34N6O/c1-3-39(4-2)22-25-13-10-16-30(28(25)21-34)36-32(40)24-17-19-26(20-18-24)35-33-37-29-15-9-8-14-27(29)31(38-33)23-11-6-5-7-12-23/h5-20H,3-4,21-22,34H2,1-2H3,(H,36,40)(H,35,37,38). The summed E-state index contributed by atoms with van der Waals surface area (Å²) in [5.41, 5.74) is 13.0. The monoisotopic (exact) mass is 530 g/mol. The highest BCUT2D eigenvalue weighted by atomic mass is 16.1. The molecule has 0 atom stereocenters. The Kier molecular flexibility index (Phi) is 8.44. The van der Waals surface area contributed by atoms with Gasteiger partial charge in [-0.3, -0.25) is 9.69 Å². The van der Waals surface area contributed by atoms with Gasteiger partial charge in [0.1, 0.15) is 0 Å². The Morgan fingerprint density at radius 3 is 2.27 bits per heavy atom. The van der Waals surface area contributed by atoms with Crippen LogP contribution in [0.25, 0.3) is 22.2 Å². The van der Waals surface area contributed by atoms with Gasteiger partial charge in [0.15, 0.2) is 0 Å². The third-order valence-corrected chi connectivity index (χ3v) is 7.07. The molecular weight excluding hydrogens is 496 g/mol. The molecule has 1 aromatic heterocycles. The lowest BCUT2D eigenvalue weighted by Crippen LogP contribution is -2.24. The van der Waals surface area contributed by atoms with Gasteiger partial charge in [-0.05, 0) is 60.6 Å². The van der Waals surface area contributed by atoms with E-state index in [-0.39, 0.29) is 5.91 Å². The molecule has 0 saturated carbocycles. The number of amides is 1. The number of nitrogens with zero attached hydrogens (tertiary/aromatic N) is 3. The molecule has 1 amide bonds. The SMILES string of the molecule is CCN(CC)Cc1cccc(NC(=O)c2ccc(Nc3nc(-c4ccccc4)c4ccccc4n3)cc2)c1CN. The molecule has 1 heterocycles. The van der Waals surface area contributed by atoms with E-state index in [1.54, 1.807) is 12.1 Å². The number of rotatable bonds is 10. The highest BCUT2D eigenvalue weighted by Gasteiger charge is 2.14. The Labute approximate surface area is 235 Å². The van der Waals surface area contributed by atoms with E-state index in [0.717, 1.165) is 64.3 Å². The molecule has 202 valence electrons. The average Bonchev–Trinajstić information content (AvgIpc) is 3.00. The summed E-state index contributed by atoms with van der Waals surface area (Å²) in [6, 6.07) is 31.3. The third-order valence-electron chi connectivity index (χ3n) is 7.07. The van der Waals surface area contributed by atoms with Crippen molar-refractivity contribution in [2.75, 3.05) is 23.7 Å². The molecule has 4 aromatic carbocycles. The van der Waals surface area contributed by atoms with Crippen molar-refractivity contribution in [2.45, 2.75) is 26.9 Å². The van der Waals surface area contributed by atoms with Crippen molar-refractivity contribution >= 4 is 34.1 Å². The fourth-order valence-electron chi connectivity index (χ4n) is 4.81. The number of fused-ring (bicyclic) bond motifs is 1. The van der Waals surface area contributed by atoms with E-state index in [1.807, 2.05) is 78.9 Å². The maximum Gasteiger partial charge on any atom is 0.255 e. The first-order valence-electron chi connectivity index (χ1n) is 13.6. The van der Waals surface area contributed by atoms with Gasteiger partial charge in [-0.25, -0.2) is 9.97 Å². The molecule has 0 fully saturated rings. The molecule has 5 rings (SSSR count). The van der Waals surface area contributed by atoms with Crippen LogP contribution in [0.1, 0.15) is 35.3 Å². The summed E-state index contributed by atoms with van der Waals surface area (Å²) in [6.07, 6.45) is 0. The first-order chi connectivity index (χ1) is 19.6. The largest absolute Gasteiger partial charge is 0.326 e. The smallest absolute Gasteiger partial charge is 0.255 e. The van der Waals surface area contributed by atoms with Gasteiger partial charge in [0, 0.05) is 41.0 Å². The second kappa shape index (κ2) is 12.5. The van der Waals surface area contributed by atoms with Crippen LogP contribution >= 0.6 is 0 Å². The molecule has 0 unspecified atom stereocenters. The van der Waals surface area contributed by atoms with Crippen LogP contribution in [0.4, 0.5) is 17.3 Å². The van der Waals surface area contributed by atoms with Gasteiger partial charge in [-0.1, -0.05) is 74.5 Å². The van der Waals surface area contributed by atoms with Crippen LogP contribution in [0.5, 0.6) is 0 Å². The van der Waals surface area contributed by atoms with Crippen LogP contribution in [0.2, 0.25) is 0 Å². The minimum atomic E-state index is -0.186. The predicted octanol–water partition coefficient (Wildman–Crippen LogP) is 6.59. The first-order valence-corrected chi connectivity index (χ1v) is 13.6. The van der Waals surface area contributed by atoms with E-state index >= 15 is 0 Å². The Morgan fingerprint density at radius 2 is 1.55 bits per heavy atom. The third kappa shape index (κ3) is 6.01. The molecule has 4 N–H and O–H groups in total. The van der Waals surface area contributed by atoms with Crippen molar-refractivity contribution in [2.24, 2.45) is 5.73 Å². The molecule has 0 bridgehead atoms. The minimum Gasteiger partial charge on any atom is -0.326 e. The fourth-order valence-corrected chi connectivity index (χ4v) is 4.81. The van der Waals surface area contributed by atoms with Gasteiger partial charge in [-0.15, -0.1) is 0 Å². The summed E-state index contributed by atoms with van der Waals surface area (Å²) in [7, 11) is 0.